The zero-order chi connectivity index (χ0) is 8.97. The molecule has 0 atom stereocenters. The Morgan fingerprint density at radius 2 is 2.17 bits per heavy atom. The lowest BCUT2D eigenvalue weighted by Crippen LogP contribution is -2.11. The largest absolute Gasteiger partial charge is 0.480 e. The van der Waals surface area contributed by atoms with Gasteiger partial charge < -0.3 is 10.1 Å². The lowest BCUT2D eigenvalue weighted by molar-refractivity contribution is 0.396. The van der Waals surface area contributed by atoms with Crippen molar-refractivity contribution in [2.75, 3.05) is 12.4 Å². The smallest absolute Gasteiger partial charge is 0.233 e. The van der Waals surface area contributed by atoms with Gasteiger partial charge in [0.05, 0.1) is 19.5 Å². The molecule has 0 aliphatic rings. The summed E-state index contributed by atoms with van der Waals surface area (Å²) >= 11 is 0. The Labute approximate surface area is 72.0 Å². The number of ether oxygens (including phenoxy) is 1. The molecule has 0 fully saturated rings. The Balaban J connectivity index is 2.72. The second-order valence-electron chi connectivity index (χ2n) is 2.75. The average Bonchev–Trinajstić information content (AvgIpc) is 2.03. The Kier molecular flexibility index (Phi) is 2.85. The van der Waals surface area contributed by atoms with Gasteiger partial charge in [-0.05, 0) is 13.8 Å². The molecule has 66 valence electrons. The van der Waals surface area contributed by atoms with E-state index in [4.69, 9.17) is 4.74 Å². The summed E-state index contributed by atoms with van der Waals surface area (Å²) in [5.74, 6) is 1.27. The number of methoxy groups -OCH3 is 1. The van der Waals surface area contributed by atoms with E-state index in [0.717, 1.165) is 5.82 Å². The van der Waals surface area contributed by atoms with Gasteiger partial charge in [0.15, 0.2) is 0 Å². The van der Waals surface area contributed by atoms with Crippen molar-refractivity contribution in [1.82, 2.24) is 9.97 Å². The molecule has 0 unspecified atom stereocenters. The third-order valence-electron chi connectivity index (χ3n) is 1.26. The van der Waals surface area contributed by atoms with Gasteiger partial charge in [0.25, 0.3) is 0 Å². The number of hydrogen-bond donors (Lipinski definition) is 1. The molecule has 0 aliphatic carbocycles. The first-order valence-electron chi connectivity index (χ1n) is 3.85. The Morgan fingerprint density at radius 1 is 1.42 bits per heavy atom. The van der Waals surface area contributed by atoms with Crippen molar-refractivity contribution < 1.29 is 4.74 Å². The first kappa shape index (κ1) is 8.77. The predicted molar refractivity (Wildman–Crippen MR) is 47.3 cm³/mol. The zero-order valence-corrected chi connectivity index (χ0v) is 7.53. The molecule has 0 radical (unpaired) electrons. The van der Waals surface area contributed by atoms with Crippen molar-refractivity contribution in [1.29, 1.82) is 0 Å². The highest BCUT2D eigenvalue weighted by atomic mass is 16.5. The second-order valence-corrected chi connectivity index (χ2v) is 2.75. The fourth-order valence-corrected chi connectivity index (χ4v) is 0.812. The minimum atomic E-state index is 0.353. The van der Waals surface area contributed by atoms with Crippen molar-refractivity contribution in [3.63, 3.8) is 0 Å². The molecule has 4 heteroatoms. The molecule has 12 heavy (non-hydrogen) atoms. The van der Waals surface area contributed by atoms with E-state index >= 15 is 0 Å². The number of anilines is 1. The van der Waals surface area contributed by atoms with E-state index < -0.39 is 0 Å². The summed E-state index contributed by atoms with van der Waals surface area (Å²) in [6, 6.07) is 0.353. The van der Waals surface area contributed by atoms with Gasteiger partial charge in [0.2, 0.25) is 5.88 Å². The van der Waals surface area contributed by atoms with E-state index in [-0.39, 0.29) is 0 Å². The van der Waals surface area contributed by atoms with E-state index in [1.165, 1.54) is 0 Å². The summed E-state index contributed by atoms with van der Waals surface area (Å²) in [7, 11) is 1.57. The van der Waals surface area contributed by atoms with Gasteiger partial charge in [0.1, 0.15) is 5.82 Å². The van der Waals surface area contributed by atoms with Crippen molar-refractivity contribution in [2.45, 2.75) is 19.9 Å². The van der Waals surface area contributed by atoms with Crippen LogP contribution in [0, 0.1) is 0 Å². The minimum Gasteiger partial charge on any atom is -0.480 e. The van der Waals surface area contributed by atoms with Crippen LogP contribution in [0.25, 0.3) is 0 Å². The number of nitrogens with one attached hydrogen (secondary N) is 1. The van der Waals surface area contributed by atoms with Gasteiger partial charge in [0, 0.05) is 6.04 Å². The van der Waals surface area contributed by atoms with E-state index in [9.17, 15) is 0 Å². The Hall–Kier alpha value is -1.32. The molecular formula is C8H13N3O. The van der Waals surface area contributed by atoms with Crippen LogP contribution < -0.4 is 10.1 Å². The molecule has 0 bridgehead atoms. The molecule has 0 spiro atoms. The molecular weight excluding hydrogens is 154 g/mol. The van der Waals surface area contributed by atoms with E-state index in [1.807, 2.05) is 13.8 Å². The lowest BCUT2D eigenvalue weighted by Gasteiger charge is -2.08. The predicted octanol–water partition coefficient (Wildman–Crippen LogP) is 1.31. The fraction of sp³-hybridized carbons (Fsp3) is 0.500. The molecule has 1 heterocycles. The summed E-state index contributed by atoms with van der Waals surface area (Å²) in [5.41, 5.74) is 0. The summed E-state index contributed by atoms with van der Waals surface area (Å²) in [6.45, 7) is 4.09. The summed E-state index contributed by atoms with van der Waals surface area (Å²) < 4.78 is 4.92. The second kappa shape index (κ2) is 3.90. The zero-order valence-electron chi connectivity index (χ0n) is 7.53. The van der Waals surface area contributed by atoms with Crippen LogP contribution in [0.1, 0.15) is 13.8 Å². The Morgan fingerprint density at radius 3 is 2.75 bits per heavy atom. The highest BCUT2D eigenvalue weighted by Gasteiger charge is 1.98. The van der Waals surface area contributed by atoms with Gasteiger partial charge in [-0.2, -0.15) is 4.98 Å². The van der Waals surface area contributed by atoms with Crippen LogP contribution >= 0.6 is 0 Å². The molecule has 1 rings (SSSR count). The van der Waals surface area contributed by atoms with Crippen LogP contribution in [-0.2, 0) is 0 Å². The fourth-order valence-electron chi connectivity index (χ4n) is 0.812. The van der Waals surface area contributed by atoms with Gasteiger partial charge in [-0.15, -0.1) is 0 Å². The summed E-state index contributed by atoms with van der Waals surface area (Å²) in [5, 5.41) is 3.13. The summed E-state index contributed by atoms with van der Waals surface area (Å²) in [6.07, 6.45) is 3.24. The van der Waals surface area contributed by atoms with Gasteiger partial charge >= 0.3 is 0 Å². The maximum absolute atomic E-state index is 4.92. The number of nitrogens with zero attached hydrogens (tertiary/aromatic N) is 2. The number of aromatic nitrogens is 2. The topological polar surface area (TPSA) is 47.0 Å². The molecule has 0 aromatic carbocycles. The molecule has 0 aliphatic heterocycles. The molecule has 1 N–H and O–H groups in total. The van der Waals surface area contributed by atoms with E-state index in [1.54, 1.807) is 19.5 Å². The maximum atomic E-state index is 4.92. The first-order valence-corrected chi connectivity index (χ1v) is 3.85. The lowest BCUT2D eigenvalue weighted by atomic mass is 10.4. The standard InChI is InChI=1S/C8H13N3O/c1-6(2)10-7-4-9-5-8(11-7)12-3/h4-6H,1-3H3,(H,10,11). The average molecular weight is 167 g/mol. The monoisotopic (exact) mass is 167 g/mol. The highest BCUT2D eigenvalue weighted by molar-refractivity contribution is 5.33. The van der Waals surface area contributed by atoms with E-state index in [0.29, 0.717) is 11.9 Å². The minimum absolute atomic E-state index is 0.353. The molecule has 0 saturated heterocycles. The third kappa shape index (κ3) is 2.38. The quantitative estimate of drug-likeness (QED) is 0.737. The Bertz CT molecular complexity index is 250. The van der Waals surface area contributed by atoms with Gasteiger partial charge in [-0.3, -0.25) is 4.98 Å². The molecule has 4 nitrogen and oxygen atoms in total. The van der Waals surface area contributed by atoms with Gasteiger partial charge in [-0.25, -0.2) is 0 Å². The van der Waals surface area contributed by atoms with Crippen molar-refractivity contribution in [2.24, 2.45) is 0 Å². The molecule has 0 saturated carbocycles. The maximum Gasteiger partial charge on any atom is 0.233 e. The molecule has 1 aromatic rings. The van der Waals surface area contributed by atoms with E-state index in [2.05, 4.69) is 15.3 Å². The number of hydrogen-bond acceptors (Lipinski definition) is 4. The summed E-state index contributed by atoms with van der Waals surface area (Å²) in [4.78, 5) is 8.09. The van der Waals surface area contributed by atoms with Crippen LogP contribution in [0.2, 0.25) is 0 Å². The van der Waals surface area contributed by atoms with Crippen LogP contribution in [-0.4, -0.2) is 23.1 Å². The first-order chi connectivity index (χ1) is 5.72. The van der Waals surface area contributed by atoms with Crippen LogP contribution in [0.3, 0.4) is 0 Å². The van der Waals surface area contributed by atoms with Gasteiger partial charge in [-0.1, -0.05) is 0 Å². The van der Waals surface area contributed by atoms with Crippen LogP contribution in [0.15, 0.2) is 12.4 Å². The van der Waals surface area contributed by atoms with Crippen LogP contribution in [0.5, 0.6) is 5.88 Å². The highest BCUT2D eigenvalue weighted by Crippen LogP contribution is 2.08. The van der Waals surface area contributed by atoms with Crippen LogP contribution in [0.4, 0.5) is 5.82 Å². The normalized spacial score (nSPS) is 10.0. The SMILES string of the molecule is COc1cncc(NC(C)C)n1. The van der Waals surface area contributed by atoms with Crippen molar-refractivity contribution in [3.05, 3.63) is 12.4 Å². The third-order valence-corrected chi connectivity index (χ3v) is 1.26. The van der Waals surface area contributed by atoms with Crippen molar-refractivity contribution >= 4 is 5.82 Å². The molecule has 1 aromatic heterocycles. The number of rotatable bonds is 3. The van der Waals surface area contributed by atoms with Crippen molar-refractivity contribution in [3.8, 4) is 5.88 Å². The molecule has 0 amide bonds.